The van der Waals surface area contributed by atoms with E-state index in [1.54, 1.807) is 24.5 Å². The highest BCUT2D eigenvalue weighted by Gasteiger charge is 2.34. The van der Waals surface area contributed by atoms with Gasteiger partial charge in [0.15, 0.2) is 5.82 Å². The molecule has 0 aliphatic heterocycles. The van der Waals surface area contributed by atoms with E-state index in [0.29, 0.717) is 17.4 Å². The number of aromatic nitrogens is 3. The van der Waals surface area contributed by atoms with E-state index in [2.05, 4.69) is 32.1 Å². The minimum Gasteiger partial charge on any atom is -0.374 e. The molecule has 4 nitrogen and oxygen atoms in total. The van der Waals surface area contributed by atoms with Crippen LogP contribution in [0.2, 0.25) is 0 Å². The number of pyridine rings is 1. The summed E-state index contributed by atoms with van der Waals surface area (Å²) in [7, 11) is 0. The fraction of sp³-hybridized carbons (Fsp3) is 0.0870. The van der Waals surface area contributed by atoms with Gasteiger partial charge in [-0.1, -0.05) is 36.1 Å². The highest BCUT2D eigenvalue weighted by atomic mass is 19.4. The number of hydrogen-bond donors (Lipinski definition) is 1. The van der Waals surface area contributed by atoms with Crippen molar-refractivity contribution in [2.75, 3.05) is 11.9 Å². The van der Waals surface area contributed by atoms with Crippen molar-refractivity contribution in [3.8, 4) is 23.2 Å². The number of alkyl halides is 3. The number of rotatable bonds is 3. The molecule has 0 unspecified atom stereocenters. The second kappa shape index (κ2) is 8.21. The Morgan fingerprint density at radius 1 is 0.933 bits per heavy atom. The van der Waals surface area contributed by atoms with Gasteiger partial charge in [0, 0.05) is 40.8 Å². The van der Waals surface area contributed by atoms with E-state index >= 15 is 0 Å². The fourth-order valence-corrected chi connectivity index (χ4v) is 2.99. The van der Waals surface area contributed by atoms with Crippen molar-refractivity contribution in [1.82, 2.24) is 15.0 Å². The molecule has 0 atom stereocenters. The van der Waals surface area contributed by atoms with Crippen LogP contribution >= 0.6 is 0 Å². The summed E-state index contributed by atoms with van der Waals surface area (Å²) in [4.78, 5) is 12.6. The number of nitrogens with one attached hydrogen (secondary N) is 1. The highest BCUT2D eigenvalue weighted by Crippen LogP contribution is 2.36. The summed E-state index contributed by atoms with van der Waals surface area (Å²) < 4.78 is 40.0. The van der Waals surface area contributed by atoms with Gasteiger partial charge in [-0.2, -0.15) is 13.2 Å². The van der Waals surface area contributed by atoms with Crippen molar-refractivity contribution in [3.05, 3.63) is 84.3 Å². The molecule has 2 heterocycles. The zero-order valence-electron chi connectivity index (χ0n) is 15.6. The van der Waals surface area contributed by atoms with Crippen molar-refractivity contribution in [2.24, 2.45) is 0 Å². The largest absolute Gasteiger partial charge is 0.417 e. The molecular weight excluding hydrogens is 389 g/mol. The van der Waals surface area contributed by atoms with E-state index in [4.69, 9.17) is 0 Å². The van der Waals surface area contributed by atoms with Gasteiger partial charge in [-0.15, -0.1) is 0 Å². The fourth-order valence-electron chi connectivity index (χ4n) is 2.99. The van der Waals surface area contributed by atoms with Crippen LogP contribution in [0.1, 0.15) is 11.1 Å². The zero-order valence-corrected chi connectivity index (χ0v) is 15.6. The van der Waals surface area contributed by atoms with E-state index in [9.17, 15) is 13.2 Å². The molecule has 2 aromatic carbocycles. The van der Waals surface area contributed by atoms with Gasteiger partial charge < -0.3 is 5.32 Å². The van der Waals surface area contributed by atoms with Crippen molar-refractivity contribution in [1.29, 1.82) is 0 Å². The third-order valence-electron chi connectivity index (χ3n) is 4.36. The number of halogens is 3. The van der Waals surface area contributed by atoms with Gasteiger partial charge in [0.05, 0.1) is 17.6 Å². The second-order valence-electron chi connectivity index (χ2n) is 6.37. The van der Waals surface area contributed by atoms with Gasteiger partial charge in [-0.25, -0.2) is 9.97 Å². The first kappa shape index (κ1) is 19.4. The lowest BCUT2D eigenvalue weighted by atomic mass is 10.1. The Morgan fingerprint density at radius 2 is 1.80 bits per heavy atom. The molecule has 0 saturated carbocycles. The van der Waals surface area contributed by atoms with Crippen LogP contribution in [0.5, 0.6) is 0 Å². The zero-order chi connectivity index (χ0) is 21.0. The lowest BCUT2D eigenvalue weighted by Crippen LogP contribution is -2.08. The Kier molecular flexibility index (Phi) is 5.31. The number of anilines is 1. The third kappa shape index (κ3) is 4.23. The van der Waals surface area contributed by atoms with E-state index in [-0.39, 0.29) is 11.4 Å². The van der Waals surface area contributed by atoms with E-state index in [1.165, 1.54) is 24.4 Å². The number of fused-ring (bicyclic) bond motifs is 1. The Labute approximate surface area is 170 Å². The molecule has 2 aromatic heterocycles. The lowest BCUT2D eigenvalue weighted by molar-refractivity contribution is -0.137. The Morgan fingerprint density at radius 3 is 2.60 bits per heavy atom. The average Bonchev–Trinajstić information content (AvgIpc) is 2.76. The van der Waals surface area contributed by atoms with Crippen molar-refractivity contribution in [3.63, 3.8) is 0 Å². The molecule has 148 valence electrons. The molecule has 0 aliphatic rings. The summed E-state index contributed by atoms with van der Waals surface area (Å²) in [6, 6.07) is 14.3. The number of hydrogen-bond acceptors (Lipinski definition) is 4. The van der Waals surface area contributed by atoms with Gasteiger partial charge in [0.1, 0.15) is 0 Å². The predicted molar refractivity (Wildman–Crippen MR) is 110 cm³/mol. The second-order valence-corrected chi connectivity index (χ2v) is 6.37. The molecule has 0 radical (unpaired) electrons. The van der Waals surface area contributed by atoms with Gasteiger partial charge >= 0.3 is 6.18 Å². The maximum Gasteiger partial charge on any atom is 0.417 e. The smallest absolute Gasteiger partial charge is 0.374 e. The first-order chi connectivity index (χ1) is 14.5. The number of benzene rings is 2. The molecule has 1 N–H and O–H groups in total. The van der Waals surface area contributed by atoms with Crippen LogP contribution in [0.15, 0.2) is 73.2 Å². The lowest BCUT2D eigenvalue weighted by Gasteiger charge is -2.12. The van der Waals surface area contributed by atoms with Crippen LogP contribution in [0.3, 0.4) is 0 Å². The Hall–Kier alpha value is -3.92. The third-order valence-corrected chi connectivity index (χ3v) is 4.36. The molecule has 7 heteroatoms. The molecule has 4 aromatic rings. The van der Waals surface area contributed by atoms with Gasteiger partial charge in [-0.05, 0) is 30.3 Å². The monoisotopic (exact) mass is 404 g/mol. The predicted octanol–water partition coefficient (Wildman–Crippen LogP) is 5.17. The first-order valence-corrected chi connectivity index (χ1v) is 9.07. The molecule has 0 bridgehead atoms. The normalized spacial score (nSPS) is 11.0. The van der Waals surface area contributed by atoms with E-state index < -0.39 is 11.7 Å². The average molecular weight is 404 g/mol. The minimum atomic E-state index is -4.48. The van der Waals surface area contributed by atoms with Crippen LogP contribution in [0.25, 0.3) is 22.3 Å². The van der Waals surface area contributed by atoms with Gasteiger partial charge in [-0.3, -0.25) is 4.98 Å². The highest BCUT2D eigenvalue weighted by molar-refractivity contribution is 5.91. The van der Waals surface area contributed by atoms with Crippen LogP contribution < -0.4 is 5.32 Å². The summed E-state index contributed by atoms with van der Waals surface area (Å²) in [5.74, 6) is 6.04. The minimum absolute atomic E-state index is 0.0314. The summed E-state index contributed by atoms with van der Waals surface area (Å²) in [5, 5.41) is 3.90. The van der Waals surface area contributed by atoms with Crippen LogP contribution in [0.4, 0.5) is 18.9 Å². The van der Waals surface area contributed by atoms with Gasteiger partial charge in [0.2, 0.25) is 0 Å². The topological polar surface area (TPSA) is 50.7 Å². The molecular formula is C23H15F3N4. The molecule has 30 heavy (non-hydrogen) atoms. The van der Waals surface area contributed by atoms with Crippen molar-refractivity contribution >= 4 is 16.6 Å². The summed E-state index contributed by atoms with van der Waals surface area (Å²) >= 11 is 0. The van der Waals surface area contributed by atoms with Crippen molar-refractivity contribution in [2.45, 2.75) is 6.18 Å². The summed E-state index contributed by atoms with van der Waals surface area (Å²) in [6.07, 6.45) is 0.410. The number of nitrogens with zero attached hydrogens (tertiary/aromatic N) is 3. The molecule has 0 saturated heterocycles. The van der Waals surface area contributed by atoms with Crippen molar-refractivity contribution < 1.29 is 13.2 Å². The van der Waals surface area contributed by atoms with Crippen LogP contribution in [-0.4, -0.2) is 21.5 Å². The summed E-state index contributed by atoms with van der Waals surface area (Å²) in [5.41, 5.74) is 1.30. The maximum absolute atomic E-state index is 13.3. The first-order valence-electron chi connectivity index (χ1n) is 9.07. The van der Waals surface area contributed by atoms with E-state index in [0.717, 1.165) is 17.3 Å². The molecule has 0 amide bonds. The summed E-state index contributed by atoms with van der Waals surface area (Å²) in [6.45, 7) is 0.382. The molecule has 0 spiro atoms. The van der Waals surface area contributed by atoms with Gasteiger partial charge in [0.25, 0.3) is 0 Å². The Bertz CT molecular complexity index is 1240. The standard InChI is InChI=1S/C23H15F3N4/c24-23(25,26)19-9-2-1-8-17(19)22-29-15-18-20(10-3-11-21(18)30-22)28-13-5-7-16-6-4-12-27-14-16/h1-4,6,8-12,14-15,28H,13H2. The Balaban J connectivity index is 1.61. The van der Waals surface area contributed by atoms with Crippen LogP contribution in [0, 0.1) is 11.8 Å². The SMILES string of the molecule is FC(F)(F)c1ccccc1-c1ncc2c(NCC#Cc3cccnc3)cccc2n1. The molecule has 0 aliphatic carbocycles. The molecule has 0 fully saturated rings. The van der Waals surface area contributed by atoms with E-state index in [1.807, 2.05) is 18.2 Å². The van der Waals surface area contributed by atoms with Crippen LogP contribution in [-0.2, 0) is 6.18 Å². The quantitative estimate of drug-likeness (QED) is 0.479. The molecule has 4 rings (SSSR count). The maximum atomic E-state index is 13.3.